The SMILES string of the molecule is [2H]C([2H])([2H])Oc1ccc(-c2ccc3c(c2)COC3=O)c(OCC2(C(=O)OCC)CCC2)c1OC. The summed E-state index contributed by atoms with van der Waals surface area (Å²) in [7, 11) is -1.31. The molecule has 0 aromatic heterocycles. The fourth-order valence-corrected chi connectivity index (χ4v) is 4.00. The molecule has 2 aromatic carbocycles. The van der Waals surface area contributed by atoms with Gasteiger partial charge in [0.15, 0.2) is 11.5 Å². The lowest BCUT2D eigenvalue weighted by molar-refractivity contribution is -0.163. The number of methoxy groups -OCH3 is 2. The maximum atomic E-state index is 12.6. The van der Waals surface area contributed by atoms with Crippen LogP contribution in [-0.2, 0) is 20.9 Å². The van der Waals surface area contributed by atoms with E-state index >= 15 is 0 Å². The van der Waals surface area contributed by atoms with Gasteiger partial charge in [0, 0.05) is 11.1 Å². The number of esters is 2. The molecule has 1 aliphatic heterocycles. The molecule has 2 aromatic rings. The van der Waals surface area contributed by atoms with E-state index in [1.165, 1.54) is 13.2 Å². The zero-order valence-electron chi connectivity index (χ0n) is 20.5. The molecule has 31 heavy (non-hydrogen) atoms. The minimum atomic E-state index is -2.70. The molecule has 2 aliphatic rings. The highest BCUT2D eigenvalue weighted by molar-refractivity contribution is 5.94. The van der Waals surface area contributed by atoms with Crippen LogP contribution in [-0.4, -0.2) is 39.3 Å². The molecule has 7 nitrogen and oxygen atoms in total. The van der Waals surface area contributed by atoms with Gasteiger partial charge >= 0.3 is 11.9 Å². The van der Waals surface area contributed by atoms with E-state index in [2.05, 4.69) is 0 Å². The first kappa shape index (κ1) is 17.5. The van der Waals surface area contributed by atoms with Gasteiger partial charge in [-0.3, -0.25) is 4.79 Å². The predicted molar refractivity (Wildman–Crippen MR) is 113 cm³/mol. The quantitative estimate of drug-likeness (QED) is 0.583. The number of benzene rings is 2. The highest BCUT2D eigenvalue weighted by Gasteiger charge is 2.46. The molecule has 0 saturated heterocycles. The number of cyclic esters (lactones) is 1. The molecule has 0 radical (unpaired) electrons. The molecule has 0 atom stereocenters. The fourth-order valence-electron chi connectivity index (χ4n) is 4.00. The van der Waals surface area contributed by atoms with E-state index in [-0.39, 0.29) is 49.0 Å². The third-order valence-corrected chi connectivity index (χ3v) is 5.90. The van der Waals surface area contributed by atoms with Crippen LogP contribution in [0.4, 0.5) is 0 Å². The summed E-state index contributed by atoms with van der Waals surface area (Å²) in [5, 5.41) is 0. The monoisotopic (exact) mass is 429 g/mol. The van der Waals surface area contributed by atoms with Gasteiger partial charge < -0.3 is 23.7 Å². The molecule has 1 saturated carbocycles. The topological polar surface area (TPSA) is 80.3 Å². The molecule has 0 bridgehead atoms. The number of fused-ring (bicyclic) bond motifs is 1. The first-order chi connectivity index (χ1) is 16.2. The molecule has 1 aliphatic carbocycles. The van der Waals surface area contributed by atoms with Crippen molar-refractivity contribution in [2.75, 3.05) is 27.4 Å². The molecule has 0 amide bonds. The largest absolute Gasteiger partial charge is 0.493 e. The number of hydrogen-bond acceptors (Lipinski definition) is 7. The van der Waals surface area contributed by atoms with Crippen LogP contribution in [0.25, 0.3) is 11.1 Å². The number of ether oxygens (including phenoxy) is 5. The van der Waals surface area contributed by atoms with E-state index in [1.807, 2.05) is 6.07 Å². The highest BCUT2D eigenvalue weighted by Crippen LogP contribution is 2.48. The summed E-state index contributed by atoms with van der Waals surface area (Å²) in [6.07, 6.45) is 2.15. The second-order valence-electron chi connectivity index (χ2n) is 7.67. The van der Waals surface area contributed by atoms with Crippen molar-refractivity contribution in [2.45, 2.75) is 32.8 Å². The molecule has 7 heteroatoms. The Bertz CT molecular complexity index is 1110. The van der Waals surface area contributed by atoms with E-state index < -0.39 is 12.5 Å². The Kier molecular flexibility index (Phi) is 4.78. The molecular weight excluding hydrogens is 400 g/mol. The van der Waals surface area contributed by atoms with Crippen LogP contribution in [0.5, 0.6) is 17.2 Å². The van der Waals surface area contributed by atoms with Crippen molar-refractivity contribution in [1.29, 1.82) is 0 Å². The van der Waals surface area contributed by atoms with Crippen LogP contribution in [0.1, 0.15) is 46.2 Å². The molecule has 0 N–H and O–H groups in total. The number of hydrogen-bond donors (Lipinski definition) is 0. The summed E-state index contributed by atoms with van der Waals surface area (Å²) in [5.41, 5.74) is 1.77. The summed E-state index contributed by atoms with van der Waals surface area (Å²) in [6.45, 7) is 2.23. The summed E-state index contributed by atoms with van der Waals surface area (Å²) in [5.74, 6) is -0.368. The van der Waals surface area contributed by atoms with E-state index in [0.29, 0.717) is 29.5 Å². The van der Waals surface area contributed by atoms with Gasteiger partial charge in [-0.2, -0.15) is 0 Å². The molecule has 0 unspecified atom stereocenters. The third kappa shape index (κ3) is 3.69. The number of carbonyl (C=O) groups is 2. The van der Waals surface area contributed by atoms with Gasteiger partial charge in [0.2, 0.25) is 5.75 Å². The van der Waals surface area contributed by atoms with Gasteiger partial charge in [0.05, 0.1) is 30.4 Å². The minimum Gasteiger partial charge on any atom is -0.493 e. The van der Waals surface area contributed by atoms with Gasteiger partial charge in [0.1, 0.15) is 18.6 Å². The van der Waals surface area contributed by atoms with Crippen molar-refractivity contribution in [3.8, 4) is 28.4 Å². The van der Waals surface area contributed by atoms with Crippen molar-refractivity contribution in [3.05, 3.63) is 41.5 Å². The van der Waals surface area contributed by atoms with Crippen LogP contribution < -0.4 is 14.2 Å². The summed E-state index contributed by atoms with van der Waals surface area (Å²) in [4.78, 5) is 24.5. The zero-order chi connectivity index (χ0) is 24.5. The Balaban J connectivity index is 1.76. The Morgan fingerprint density at radius 3 is 2.65 bits per heavy atom. The molecular formula is C24H26O7. The van der Waals surface area contributed by atoms with Crippen molar-refractivity contribution in [3.63, 3.8) is 0 Å². The van der Waals surface area contributed by atoms with Crippen LogP contribution in [0.3, 0.4) is 0 Å². The molecule has 164 valence electrons. The second kappa shape index (κ2) is 8.49. The second-order valence-corrected chi connectivity index (χ2v) is 7.67. The average Bonchev–Trinajstić information content (AvgIpc) is 3.12. The van der Waals surface area contributed by atoms with Gasteiger partial charge in [-0.15, -0.1) is 0 Å². The number of rotatable bonds is 8. The third-order valence-electron chi connectivity index (χ3n) is 5.90. The smallest absolute Gasteiger partial charge is 0.338 e. The average molecular weight is 429 g/mol. The van der Waals surface area contributed by atoms with E-state index in [4.69, 9.17) is 27.8 Å². The molecule has 1 fully saturated rings. The fraction of sp³-hybridized carbons (Fsp3) is 0.417. The summed E-state index contributed by atoms with van der Waals surface area (Å²) < 4.78 is 49.7. The summed E-state index contributed by atoms with van der Waals surface area (Å²) >= 11 is 0. The Labute approximate surface area is 185 Å². The number of carbonyl (C=O) groups excluding carboxylic acids is 2. The Morgan fingerprint density at radius 1 is 1.16 bits per heavy atom. The van der Waals surface area contributed by atoms with E-state index in [1.54, 1.807) is 25.1 Å². The van der Waals surface area contributed by atoms with Crippen molar-refractivity contribution in [2.24, 2.45) is 5.41 Å². The lowest BCUT2D eigenvalue weighted by Crippen LogP contribution is -2.44. The van der Waals surface area contributed by atoms with Gasteiger partial charge in [-0.05, 0) is 49.6 Å². The molecule has 4 rings (SSSR count). The van der Waals surface area contributed by atoms with Gasteiger partial charge in [-0.1, -0.05) is 12.5 Å². The van der Waals surface area contributed by atoms with Crippen LogP contribution in [0.15, 0.2) is 30.3 Å². The summed E-state index contributed by atoms with van der Waals surface area (Å²) in [6, 6.07) is 8.40. The zero-order valence-corrected chi connectivity index (χ0v) is 17.5. The van der Waals surface area contributed by atoms with Crippen LogP contribution >= 0.6 is 0 Å². The van der Waals surface area contributed by atoms with Gasteiger partial charge in [-0.25, -0.2) is 4.79 Å². The normalized spacial score (nSPS) is 17.9. The maximum Gasteiger partial charge on any atom is 0.338 e. The first-order valence-corrected chi connectivity index (χ1v) is 10.2. The van der Waals surface area contributed by atoms with Crippen molar-refractivity contribution >= 4 is 11.9 Å². The predicted octanol–water partition coefficient (Wildman–Crippen LogP) is 4.15. The Morgan fingerprint density at radius 2 is 1.97 bits per heavy atom. The lowest BCUT2D eigenvalue weighted by atomic mass is 9.69. The van der Waals surface area contributed by atoms with E-state index in [0.717, 1.165) is 12.0 Å². The van der Waals surface area contributed by atoms with Crippen molar-refractivity contribution < 1.29 is 37.4 Å². The van der Waals surface area contributed by atoms with Gasteiger partial charge in [0.25, 0.3) is 0 Å². The van der Waals surface area contributed by atoms with E-state index in [9.17, 15) is 9.59 Å². The molecule has 0 spiro atoms. The standard InChI is InChI=1S/C24H26O7/c1-4-29-23(26)24(10-5-11-24)14-31-20-17(8-9-19(27-2)21(20)28-3)15-6-7-18-16(12-15)13-30-22(18)25/h6-9,12H,4-5,10-11,13-14H2,1-3H3/i2D3. The highest BCUT2D eigenvalue weighted by atomic mass is 16.6. The van der Waals surface area contributed by atoms with Crippen LogP contribution in [0, 0.1) is 5.41 Å². The maximum absolute atomic E-state index is 12.6. The minimum absolute atomic E-state index is 0.0142. The Hall–Kier alpha value is -3.22. The van der Waals surface area contributed by atoms with Crippen LogP contribution in [0.2, 0.25) is 0 Å². The van der Waals surface area contributed by atoms with Crippen molar-refractivity contribution in [1.82, 2.24) is 0 Å². The first-order valence-electron chi connectivity index (χ1n) is 11.7. The lowest BCUT2D eigenvalue weighted by Gasteiger charge is -2.38. The molecule has 1 heterocycles.